The summed E-state index contributed by atoms with van der Waals surface area (Å²) in [6, 6.07) is 18.1. The van der Waals surface area contributed by atoms with Crippen LogP contribution in [-0.2, 0) is 11.3 Å². The number of benzene rings is 2. The molecule has 6 nitrogen and oxygen atoms in total. The fourth-order valence-electron chi connectivity index (χ4n) is 3.84. The van der Waals surface area contributed by atoms with Crippen LogP contribution in [0, 0.1) is 0 Å². The van der Waals surface area contributed by atoms with Crippen molar-refractivity contribution >= 4 is 28.9 Å². The Morgan fingerprint density at radius 3 is 2.55 bits per heavy atom. The Labute approximate surface area is 203 Å². The molecule has 178 valence electrons. The molecule has 0 radical (unpaired) electrons. The van der Waals surface area contributed by atoms with Gasteiger partial charge in [0.15, 0.2) is 5.11 Å². The maximum atomic E-state index is 12.0. The third-order valence-corrected chi connectivity index (χ3v) is 5.81. The molecule has 0 saturated carbocycles. The van der Waals surface area contributed by atoms with Gasteiger partial charge >= 0.3 is 0 Å². The van der Waals surface area contributed by atoms with Gasteiger partial charge in [-0.25, -0.2) is 0 Å². The SMILES string of the molecule is O=C(CCCNC(=S)Nc1ccccc1)NCCCOc1cccc(CN2CCCCC2)c1. The first-order chi connectivity index (χ1) is 16.2. The number of ether oxygens (including phenoxy) is 1. The molecule has 1 saturated heterocycles. The van der Waals surface area contributed by atoms with Crippen molar-refractivity contribution in [2.45, 2.75) is 45.1 Å². The molecule has 3 N–H and O–H groups in total. The number of carbonyl (C=O) groups is 1. The lowest BCUT2D eigenvalue weighted by Gasteiger charge is -2.26. The summed E-state index contributed by atoms with van der Waals surface area (Å²) in [6.45, 7) is 5.25. The Bertz CT molecular complexity index is 856. The fraction of sp³-hybridized carbons (Fsp3) is 0.462. The first-order valence-corrected chi connectivity index (χ1v) is 12.4. The topological polar surface area (TPSA) is 65.6 Å². The zero-order valence-corrected chi connectivity index (χ0v) is 20.2. The van der Waals surface area contributed by atoms with Crippen LogP contribution in [0.1, 0.15) is 44.1 Å². The minimum absolute atomic E-state index is 0.0577. The van der Waals surface area contributed by atoms with Gasteiger partial charge in [-0.3, -0.25) is 9.69 Å². The van der Waals surface area contributed by atoms with Gasteiger partial charge in [-0.15, -0.1) is 0 Å². The van der Waals surface area contributed by atoms with E-state index in [2.05, 4.69) is 39.0 Å². The summed E-state index contributed by atoms with van der Waals surface area (Å²) in [4.78, 5) is 14.5. The molecule has 0 unspecified atom stereocenters. The number of piperidine rings is 1. The standard InChI is InChI=1S/C26H36N4O2S/c31-25(14-8-15-28-26(33)29-23-11-3-1-4-12-23)27-16-9-19-32-24-13-7-10-22(20-24)21-30-17-5-2-6-18-30/h1,3-4,7,10-13,20H,2,5-6,8-9,14-19,21H2,(H,27,31)(H2,28,29,33). The second-order valence-electron chi connectivity index (χ2n) is 8.39. The highest BCUT2D eigenvalue weighted by Gasteiger charge is 2.10. The first kappa shape index (κ1) is 25.0. The van der Waals surface area contributed by atoms with E-state index in [0.29, 0.717) is 31.2 Å². The van der Waals surface area contributed by atoms with E-state index in [1.807, 2.05) is 36.4 Å². The molecule has 1 fully saturated rings. The van der Waals surface area contributed by atoms with Crippen molar-refractivity contribution in [3.05, 3.63) is 60.2 Å². The summed E-state index contributed by atoms with van der Waals surface area (Å²) < 4.78 is 5.89. The molecule has 0 aliphatic carbocycles. The number of nitrogens with zero attached hydrogens (tertiary/aromatic N) is 1. The first-order valence-electron chi connectivity index (χ1n) is 12.0. The van der Waals surface area contributed by atoms with E-state index in [1.54, 1.807) is 0 Å². The quantitative estimate of drug-likeness (QED) is 0.318. The number of hydrogen-bond donors (Lipinski definition) is 3. The predicted molar refractivity (Wildman–Crippen MR) is 139 cm³/mol. The summed E-state index contributed by atoms with van der Waals surface area (Å²) in [5.41, 5.74) is 2.25. The number of likely N-dealkylation sites (tertiary alicyclic amines) is 1. The Kier molecular flexibility index (Phi) is 11.0. The van der Waals surface area contributed by atoms with Crippen molar-refractivity contribution in [1.29, 1.82) is 0 Å². The third-order valence-electron chi connectivity index (χ3n) is 5.56. The summed E-state index contributed by atoms with van der Waals surface area (Å²) in [7, 11) is 0. The van der Waals surface area contributed by atoms with Crippen LogP contribution in [0.25, 0.3) is 0 Å². The van der Waals surface area contributed by atoms with Gasteiger partial charge in [0.05, 0.1) is 6.61 Å². The lowest BCUT2D eigenvalue weighted by molar-refractivity contribution is -0.121. The molecule has 33 heavy (non-hydrogen) atoms. The van der Waals surface area contributed by atoms with Crippen molar-refractivity contribution in [1.82, 2.24) is 15.5 Å². The number of anilines is 1. The molecule has 7 heteroatoms. The van der Waals surface area contributed by atoms with Crippen LogP contribution in [-0.4, -0.2) is 48.7 Å². The maximum Gasteiger partial charge on any atom is 0.220 e. The van der Waals surface area contributed by atoms with Crippen molar-refractivity contribution in [3.8, 4) is 5.75 Å². The summed E-state index contributed by atoms with van der Waals surface area (Å²) in [5, 5.41) is 9.78. The molecule has 0 bridgehead atoms. The number of hydrogen-bond acceptors (Lipinski definition) is 4. The Balaban J connectivity index is 1.21. The minimum Gasteiger partial charge on any atom is -0.494 e. The molecule has 1 aliphatic rings. The summed E-state index contributed by atoms with van der Waals surface area (Å²) in [5.74, 6) is 0.962. The van der Waals surface area contributed by atoms with E-state index in [9.17, 15) is 4.79 Å². The van der Waals surface area contributed by atoms with Crippen molar-refractivity contribution in [2.75, 3.05) is 38.1 Å². The highest BCUT2D eigenvalue weighted by molar-refractivity contribution is 7.80. The Morgan fingerprint density at radius 1 is 0.939 bits per heavy atom. The van der Waals surface area contributed by atoms with E-state index < -0.39 is 0 Å². The summed E-state index contributed by atoms with van der Waals surface area (Å²) >= 11 is 5.26. The van der Waals surface area contributed by atoms with Gasteiger partial charge in [0.1, 0.15) is 5.75 Å². The van der Waals surface area contributed by atoms with Gasteiger partial charge in [-0.1, -0.05) is 36.8 Å². The highest BCUT2D eigenvalue weighted by atomic mass is 32.1. The average molecular weight is 469 g/mol. The Hall–Kier alpha value is -2.64. The monoisotopic (exact) mass is 468 g/mol. The maximum absolute atomic E-state index is 12.0. The van der Waals surface area contributed by atoms with Crippen LogP contribution >= 0.6 is 12.2 Å². The van der Waals surface area contributed by atoms with Crippen LogP contribution < -0.4 is 20.7 Å². The predicted octanol–water partition coefficient (Wildman–Crippen LogP) is 4.32. The number of amides is 1. The molecule has 1 amide bonds. The van der Waals surface area contributed by atoms with E-state index in [0.717, 1.165) is 30.8 Å². The third kappa shape index (κ3) is 10.2. The zero-order chi connectivity index (χ0) is 23.1. The number of thiocarbonyl (C=S) groups is 1. The molecule has 0 atom stereocenters. The largest absolute Gasteiger partial charge is 0.494 e. The molecule has 2 aromatic rings. The molecular formula is C26H36N4O2S. The van der Waals surface area contributed by atoms with E-state index in [-0.39, 0.29) is 5.91 Å². The van der Waals surface area contributed by atoms with E-state index in [4.69, 9.17) is 17.0 Å². The molecule has 2 aromatic carbocycles. The smallest absolute Gasteiger partial charge is 0.220 e. The molecule has 0 spiro atoms. The lowest BCUT2D eigenvalue weighted by Crippen LogP contribution is -2.31. The van der Waals surface area contributed by atoms with Gasteiger partial charge in [-0.2, -0.15) is 0 Å². The molecule has 1 aliphatic heterocycles. The van der Waals surface area contributed by atoms with Gasteiger partial charge in [0, 0.05) is 31.7 Å². The van der Waals surface area contributed by atoms with Crippen molar-refractivity contribution < 1.29 is 9.53 Å². The Morgan fingerprint density at radius 2 is 1.73 bits per heavy atom. The van der Waals surface area contributed by atoms with E-state index >= 15 is 0 Å². The molecule has 3 rings (SSSR count). The normalized spacial score (nSPS) is 13.8. The summed E-state index contributed by atoms with van der Waals surface area (Å²) in [6.07, 6.45) is 5.94. The van der Waals surface area contributed by atoms with Crippen LogP contribution in [0.2, 0.25) is 0 Å². The number of para-hydroxylation sites is 1. The molecular weight excluding hydrogens is 432 g/mol. The molecule has 0 aromatic heterocycles. The van der Waals surface area contributed by atoms with E-state index in [1.165, 1.54) is 37.9 Å². The van der Waals surface area contributed by atoms with Crippen LogP contribution in [0.4, 0.5) is 5.69 Å². The zero-order valence-electron chi connectivity index (χ0n) is 19.4. The fourth-order valence-corrected chi connectivity index (χ4v) is 4.06. The second kappa shape index (κ2) is 14.5. The number of carbonyl (C=O) groups excluding carboxylic acids is 1. The van der Waals surface area contributed by atoms with Gasteiger partial charge in [-0.05, 0) is 80.8 Å². The van der Waals surface area contributed by atoms with Crippen LogP contribution in [0.5, 0.6) is 5.75 Å². The van der Waals surface area contributed by atoms with Gasteiger partial charge < -0.3 is 20.7 Å². The van der Waals surface area contributed by atoms with Crippen LogP contribution in [0.3, 0.4) is 0 Å². The molecule has 1 heterocycles. The van der Waals surface area contributed by atoms with Crippen molar-refractivity contribution in [2.24, 2.45) is 0 Å². The van der Waals surface area contributed by atoms with Gasteiger partial charge in [0.2, 0.25) is 5.91 Å². The minimum atomic E-state index is 0.0577. The number of rotatable bonds is 12. The van der Waals surface area contributed by atoms with Crippen LogP contribution in [0.15, 0.2) is 54.6 Å². The highest BCUT2D eigenvalue weighted by Crippen LogP contribution is 2.17. The van der Waals surface area contributed by atoms with Crippen molar-refractivity contribution in [3.63, 3.8) is 0 Å². The second-order valence-corrected chi connectivity index (χ2v) is 8.79. The van der Waals surface area contributed by atoms with Gasteiger partial charge in [0.25, 0.3) is 0 Å². The lowest BCUT2D eigenvalue weighted by atomic mass is 10.1. The number of nitrogens with one attached hydrogen (secondary N) is 3. The average Bonchev–Trinajstić information content (AvgIpc) is 2.83.